The quantitative estimate of drug-likeness (QED) is 0.665. The first-order chi connectivity index (χ1) is 12.1. The Kier molecular flexibility index (Phi) is 4.00. The molecule has 0 aromatic heterocycles. The van der Waals surface area contributed by atoms with E-state index in [1.54, 1.807) is 4.90 Å². The molecule has 0 bridgehead atoms. The molecule has 132 valence electrons. The van der Waals surface area contributed by atoms with Gasteiger partial charge in [0, 0.05) is 11.7 Å². The molecule has 3 unspecified atom stereocenters. The zero-order chi connectivity index (χ0) is 17.6. The third-order valence-corrected chi connectivity index (χ3v) is 5.61. The molecule has 1 amide bonds. The molecule has 1 saturated heterocycles. The Morgan fingerprint density at radius 3 is 2.80 bits per heavy atom. The number of amides is 1. The highest BCUT2D eigenvalue weighted by molar-refractivity contribution is 6.12. The van der Waals surface area contributed by atoms with Crippen LogP contribution in [0.15, 0.2) is 35.6 Å². The molecule has 0 radical (unpaired) electrons. The molecule has 1 saturated carbocycles. The lowest BCUT2D eigenvalue weighted by Gasteiger charge is -2.40. The summed E-state index contributed by atoms with van der Waals surface area (Å²) >= 11 is 0. The summed E-state index contributed by atoms with van der Waals surface area (Å²) < 4.78 is 0. The maximum Gasteiger partial charge on any atom is 0.226 e. The van der Waals surface area contributed by atoms with Gasteiger partial charge in [0.1, 0.15) is 17.8 Å². The molecule has 25 heavy (non-hydrogen) atoms. The standard InChI is InChI=1S/C19H24N4O2/c1-11-6-2-5-9-14(11)23-10-15(24)16(17(23)20)18-21-13-8-4-3-7-12(13)19(25)22-18/h2,5-6,9,12-13,18,20-21,24H,3-4,7-8,10H2,1H3,(H,22,25). The van der Waals surface area contributed by atoms with E-state index in [0.717, 1.165) is 36.9 Å². The molecular weight excluding hydrogens is 316 g/mol. The zero-order valence-electron chi connectivity index (χ0n) is 14.4. The van der Waals surface area contributed by atoms with Crippen molar-refractivity contribution >= 4 is 17.4 Å². The molecule has 2 fully saturated rings. The van der Waals surface area contributed by atoms with Crippen molar-refractivity contribution in [2.45, 2.75) is 44.8 Å². The van der Waals surface area contributed by atoms with Gasteiger partial charge in [-0.1, -0.05) is 31.0 Å². The van der Waals surface area contributed by atoms with E-state index >= 15 is 0 Å². The smallest absolute Gasteiger partial charge is 0.226 e. The average Bonchev–Trinajstić information content (AvgIpc) is 2.89. The first-order valence-corrected chi connectivity index (χ1v) is 8.97. The molecule has 6 nitrogen and oxygen atoms in total. The average molecular weight is 340 g/mol. The van der Waals surface area contributed by atoms with E-state index in [0.29, 0.717) is 5.57 Å². The van der Waals surface area contributed by atoms with Crippen molar-refractivity contribution in [1.29, 1.82) is 5.41 Å². The number of amidine groups is 1. The lowest BCUT2D eigenvalue weighted by molar-refractivity contribution is -0.130. The number of rotatable bonds is 2. The second-order valence-electron chi connectivity index (χ2n) is 7.19. The highest BCUT2D eigenvalue weighted by Crippen LogP contribution is 2.32. The van der Waals surface area contributed by atoms with E-state index in [4.69, 9.17) is 5.41 Å². The normalized spacial score (nSPS) is 29.6. The second-order valence-corrected chi connectivity index (χ2v) is 7.19. The van der Waals surface area contributed by atoms with Crippen LogP contribution in [-0.4, -0.2) is 35.6 Å². The largest absolute Gasteiger partial charge is 0.510 e. The van der Waals surface area contributed by atoms with Crippen molar-refractivity contribution in [2.24, 2.45) is 5.92 Å². The van der Waals surface area contributed by atoms with Crippen LogP contribution in [0.1, 0.15) is 31.2 Å². The number of benzene rings is 1. The van der Waals surface area contributed by atoms with Gasteiger partial charge < -0.3 is 15.3 Å². The number of aryl methyl sites for hydroxylation is 1. The monoisotopic (exact) mass is 340 g/mol. The fourth-order valence-electron chi connectivity index (χ4n) is 4.28. The van der Waals surface area contributed by atoms with Crippen LogP contribution in [0.2, 0.25) is 0 Å². The minimum absolute atomic E-state index is 0.0100. The van der Waals surface area contributed by atoms with Crippen molar-refractivity contribution in [3.05, 3.63) is 41.2 Å². The maximum absolute atomic E-state index is 12.5. The number of hydrogen-bond donors (Lipinski definition) is 4. The van der Waals surface area contributed by atoms with Gasteiger partial charge in [0.15, 0.2) is 0 Å². The number of fused-ring (bicyclic) bond motifs is 1. The van der Waals surface area contributed by atoms with Gasteiger partial charge in [0.25, 0.3) is 0 Å². The van der Waals surface area contributed by atoms with Crippen LogP contribution in [-0.2, 0) is 4.79 Å². The zero-order valence-corrected chi connectivity index (χ0v) is 14.4. The molecule has 0 spiro atoms. The van der Waals surface area contributed by atoms with Gasteiger partial charge in [-0.3, -0.25) is 15.5 Å². The van der Waals surface area contributed by atoms with Crippen LogP contribution in [0.5, 0.6) is 0 Å². The number of nitrogens with zero attached hydrogens (tertiary/aromatic N) is 1. The van der Waals surface area contributed by atoms with Gasteiger partial charge in [-0.05, 0) is 31.4 Å². The van der Waals surface area contributed by atoms with E-state index in [-0.39, 0.29) is 36.0 Å². The second kappa shape index (κ2) is 6.19. The number of carbonyl (C=O) groups excluding carboxylic acids is 1. The summed E-state index contributed by atoms with van der Waals surface area (Å²) in [4.78, 5) is 14.3. The van der Waals surface area contributed by atoms with Crippen molar-refractivity contribution in [2.75, 3.05) is 11.4 Å². The Labute approximate surface area is 147 Å². The van der Waals surface area contributed by atoms with Gasteiger partial charge in [0.05, 0.1) is 18.0 Å². The molecule has 4 rings (SSSR count). The highest BCUT2D eigenvalue weighted by atomic mass is 16.3. The Balaban J connectivity index is 1.58. The number of aliphatic hydroxyl groups excluding tert-OH is 1. The van der Waals surface area contributed by atoms with Crippen molar-refractivity contribution in [3.8, 4) is 0 Å². The minimum atomic E-state index is -0.492. The predicted molar refractivity (Wildman–Crippen MR) is 96.7 cm³/mol. The highest BCUT2D eigenvalue weighted by Gasteiger charge is 2.42. The van der Waals surface area contributed by atoms with Crippen molar-refractivity contribution in [3.63, 3.8) is 0 Å². The molecule has 3 aliphatic rings. The van der Waals surface area contributed by atoms with Crippen molar-refractivity contribution in [1.82, 2.24) is 10.6 Å². The number of nitrogens with one attached hydrogen (secondary N) is 3. The maximum atomic E-state index is 12.5. The molecule has 1 aliphatic carbocycles. The van der Waals surface area contributed by atoms with E-state index in [1.807, 2.05) is 31.2 Å². The third-order valence-electron chi connectivity index (χ3n) is 5.61. The summed E-state index contributed by atoms with van der Waals surface area (Å²) in [5, 5.41) is 25.5. The Morgan fingerprint density at radius 1 is 1.24 bits per heavy atom. The summed E-state index contributed by atoms with van der Waals surface area (Å²) in [6, 6.07) is 7.96. The van der Waals surface area contributed by atoms with E-state index in [2.05, 4.69) is 10.6 Å². The molecule has 4 N–H and O–H groups in total. The summed E-state index contributed by atoms with van der Waals surface area (Å²) in [5.41, 5.74) is 2.45. The predicted octanol–water partition coefficient (Wildman–Crippen LogP) is 2.21. The summed E-state index contributed by atoms with van der Waals surface area (Å²) in [6.45, 7) is 2.26. The Hall–Kier alpha value is -2.34. The lowest BCUT2D eigenvalue weighted by Crippen LogP contribution is -2.63. The van der Waals surface area contributed by atoms with Crippen LogP contribution in [0.4, 0.5) is 5.69 Å². The Bertz CT molecular complexity index is 758. The van der Waals surface area contributed by atoms with Gasteiger partial charge >= 0.3 is 0 Å². The van der Waals surface area contributed by atoms with Crippen LogP contribution in [0.3, 0.4) is 0 Å². The van der Waals surface area contributed by atoms with Crippen LogP contribution in [0, 0.1) is 18.3 Å². The van der Waals surface area contributed by atoms with Crippen molar-refractivity contribution < 1.29 is 9.90 Å². The third kappa shape index (κ3) is 2.70. The molecule has 1 aromatic rings. The molecule has 3 atom stereocenters. The number of anilines is 1. The van der Waals surface area contributed by atoms with Crippen LogP contribution >= 0.6 is 0 Å². The van der Waals surface area contributed by atoms with Crippen LogP contribution in [0.25, 0.3) is 0 Å². The Morgan fingerprint density at radius 2 is 2.00 bits per heavy atom. The number of carbonyl (C=O) groups is 1. The number of aliphatic hydroxyl groups is 1. The van der Waals surface area contributed by atoms with Gasteiger partial charge in [-0.25, -0.2) is 0 Å². The fraction of sp³-hybridized carbons (Fsp3) is 0.474. The lowest BCUT2D eigenvalue weighted by atomic mass is 9.82. The number of para-hydroxylation sites is 1. The molecule has 2 heterocycles. The van der Waals surface area contributed by atoms with E-state index < -0.39 is 6.17 Å². The minimum Gasteiger partial charge on any atom is -0.510 e. The molecule has 2 aliphatic heterocycles. The van der Waals surface area contributed by atoms with E-state index in [1.165, 1.54) is 0 Å². The van der Waals surface area contributed by atoms with Gasteiger partial charge in [0.2, 0.25) is 5.91 Å². The summed E-state index contributed by atoms with van der Waals surface area (Å²) in [7, 11) is 0. The number of hydrogen-bond acceptors (Lipinski definition) is 4. The van der Waals surface area contributed by atoms with Crippen LogP contribution < -0.4 is 15.5 Å². The van der Waals surface area contributed by atoms with Gasteiger partial charge in [-0.15, -0.1) is 0 Å². The SMILES string of the molecule is Cc1ccccc1N1CC(O)=C(C2NC(=O)C3CCCCC3N2)C1=N. The first-order valence-electron chi connectivity index (χ1n) is 8.97. The molecule has 6 heteroatoms. The fourth-order valence-corrected chi connectivity index (χ4v) is 4.28. The summed E-state index contributed by atoms with van der Waals surface area (Å²) in [6.07, 6.45) is 3.59. The summed E-state index contributed by atoms with van der Waals surface area (Å²) in [5.74, 6) is 0.450. The van der Waals surface area contributed by atoms with Gasteiger partial charge in [-0.2, -0.15) is 0 Å². The first kappa shape index (κ1) is 16.1. The molecular formula is C19H24N4O2. The van der Waals surface area contributed by atoms with E-state index in [9.17, 15) is 9.90 Å². The molecule has 1 aromatic carbocycles. The topological polar surface area (TPSA) is 88.4 Å².